The minimum atomic E-state index is -0.853. The van der Waals surface area contributed by atoms with Crippen molar-refractivity contribution in [2.24, 2.45) is 0 Å². The van der Waals surface area contributed by atoms with Gasteiger partial charge in [-0.15, -0.1) is 0 Å². The third-order valence-electron chi connectivity index (χ3n) is 3.05. The number of hydrogen-bond donors (Lipinski definition) is 1. The molecule has 2 rings (SSSR count). The summed E-state index contributed by atoms with van der Waals surface area (Å²) in [5.41, 5.74) is -0.334. The number of carboxylic acids is 1. The van der Waals surface area contributed by atoms with Crippen LogP contribution in [0.15, 0.2) is 60.7 Å². The first-order chi connectivity index (χ1) is 9.24. The fourth-order valence-corrected chi connectivity index (χ4v) is 4.74. The molecule has 0 aliphatic heterocycles. The first kappa shape index (κ1) is 13.8. The normalized spacial score (nSPS) is 12.3. The summed E-state index contributed by atoms with van der Waals surface area (Å²) in [5, 5.41) is 11.7. The van der Waals surface area contributed by atoms with Gasteiger partial charge < -0.3 is 5.11 Å². The second-order valence-corrected chi connectivity index (χ2v) is 6.70. The first-order valence-electron chi connectivity index (χ1n) is 6.36. The van der Waals surface area contributed by atoms with Crippen molar-refractivity contribution in [2.75, 3.05) is 0 Å². The van der Waals surface area contributed by atoms with E-state index < -0.39 is 13.9 Å². The van der Waals surface area contributed by atoms with Gasteiger partial charge >= 0.3 is 5.97 Å². The molecule has 1 N–H and O–H groups in total. The predicted octanol–water partition coefficient (Wildman–Crippen LogP) is 2.98. The lowest BCUT2D eigenvalue weighted by molar-refractivity contribution is -0.136. The lowest BCUT2D eigenvalue weighted by Gasteiger charge is -2.24. The van der Waals surface area contributed by atoms with Crippen LogP contribution in [0.1, 0.15) is 13.3 Å². The smallest absolute Gasteiger partial charge is 0.311 e. The Hall–Kier alpha value is -1.66. The van der Waals surface area contributed by atoms with Crippen molar-refractivity contribution in [1.29, 1.82) is 0 Å². The Morgan fingerprint density at radius 1 is 1.00 bits per heavy atom. The van der Waals surface area contributed by atoms with Gasteiger partial charge in [0.05, 0.1) is 5.66 Å². The number of carboxylic acid groups (broad SMARTS) is 1. The summed E-state index contributed by atoms with van der Waals surface area (Å²) in [5.74, 6) is -0.707. The molecule has 1 unspecified atom stereocenters. The topological polar surface area (TPSA) is 37.3 Å². The van der Waals surface area contributed by atoms with Crippen molar-refractivity contribution in [3.05, 3.63) is 60.7 Å². The van der Waals surface area contributed by atoms with Gasteiger partial charge in [0.1, 0.15) is 0 Å². The van der Waals surface area contributed by atoms with Crippen molar-refractivity contribution in [3.63, 3.8) is 0 Å². The fourth-order valence-electron chi connectivity index (χ4n) is 2.15. The van der Waals surface area contributed by atoms with Crippen LogP contribution in [0.5, 0.6) is 0 Å². The Kier molecular flexibility index (Phi) is 4.70. The molecule has 0 aliphatic carbocycles. The molecule has 2 aromatic carbocycles. The van der Waals surface area contributed by atoms with Gasteiger partial charge in [-0.1, -0.05) is 67.6 Å². The predicted molar refractivity (Wildman–Crippen MR) is 80.8 cm³/mol. The molecular formula is C16H17O2P. The highest BCUT2D eigenvalue weighted by Gasteiger charge is 2.28. The van der Waals surface area contributed by atoms with Gasteiger partial charge in [-0.2, -0.15) is 0 Å². The maximum absolute atomic E-state index is 11.5. The minimum absolute atomic E-state index is 0.334. The van der Waals surface area contributed by atoms with Crippen molar-refractivity contribution in [1.82, 2.24) is 0 Å². The summed E-state index contributed by atoms with van der Waals surface area (Å²) >= 11 is 0. The lowest BCUT2D eigenvalue weighted by Crippen LogP contribution is -2.27. The number of carbonyl (C=O) groups is 1. The third kappa shape index (κ3) is 3.21. The van der Waals surface area contributed by atoms with E-state index in [9.17, 15) is 9.90 Å². The van der Waals surface area contributed by atoms with Gasteiger partial charge in [0.2, 0.25) is 0 Å². The van der Waals surface area contributed by atoms with Crippen molar-refractivity contribution in [2.45, 2.75) is 19.0 Å². The molecule has 1 atom stereocenters. The lowest BCUT2D eigenvalue weighted by atomic mass is 10.3. The quantitative estimate of drug-likeness (QED) is 0.850. The number of hydrogen-bond acceptors (Lipinski definition) is 1. The Morgan fingerprint density at radius 3 is 1.74 bits per heavy atom. The Bertz CT molecular complexity index is 485. The molecule has 0 fully saturated rings. The second-order valence-electron chi connectivity index (χ2n) is 4.30. The summed E-state index contributed by atoms with van der Waals surface area (Å²) in [6, 6.07) is 19.9. The van der Waals surface area contributed by atoms with E-state index in [4.69, 9.17) is 0 Å². The zero-order valence-corrected chi connectivity index (χ0v) is 11.8. The molecule has 0 aromatic heterocycles. The van der Waals surface area contributed by atoms with Gasteiger partial charge in [0, 0.05) is 0 Å². The van der Waals surface area contributed by atoms with Crippen LogP contribution in [0, 0.1) is 0 Å². The van der Waals surface area contributed by atoms with E-state index in [0.29, 0.717) is 6.42 Å². The average Bonchev–Trinajstić information content (AvgIpc) is 2.46. The number of benzene rings is 2. The van der Waals surface area contributed by atoms with Gasteiger partial charge in [-0.05, 0) is 25.0 Å². The van der Waals surface area contributed by atoms with E-state index in [1.54, 1.807) is 0 Å². The first-order valence-corrected chi connectivity index (χ1v) is 7.77. The molecule has 2 aromatic rings. The van der Waals surface area contributed by atoms with Gasteiger partial charge in [0.25, 0.3) is 0 Å². The van der Waals surface area contributed by atoms with E-state index in [1.807, 2.05) is 67.6 Å². The molecule has 0 bridgehead atoms. The van der Waals surface area contributed by atoms with Crippen molar-refractivity contribution >= 4 is 24.5 Å². The summed E-state index contributed by atoms with van der Waals surface area (Å²) in [6.07, 6.45) is 0.644. The van der Waals surface area contributed by atoms with Crippen LogP contribution in [0.4, 0.5) is 0 Å². The molecule has 0 radical (unpaired) electrons. The Labute approximate surface area is 114 Å². The second kappa shape index (κ2) is 6.49. The van der Waals surface area contributed by atoms with Crippen LogP contribution >= 0.6 is 7.92 Å². The van der Waals surface area contributed by atoms with E-state index in [2.05, 4.69) is 0 Å². The molecule has 0 amide bonds. The van der Waals surface area contributed by atoms with Gasteiger partial charge in [-0.3, -0.25) is 4.79 Å². The standard InChI is InChI=1S/C16H17O2P/c1-2-15(16(17)18)19(13-9-5-3-6-10-13)14-11-7-4-8-12-14/h3-12,15H,2H2,1H3,(H,17,18). The average molecular weight is 272 g/mol. The Morgan fingerprint density at radius 2 is 1.42 bits per heavy atom. The third-order valence-corrected chi connectivity index (χ3v) is 5.97. The molecule has 2 nitrogen and oxygen atoms in total. The highest BCUT2D eigenvalue weighted by molar-refractivity contribution is 7.74. The van der Waals surface area contributed by atoms with Crippen LogP contribution in [0.2, 0.25) is 0 Å². The number of aliphatic carboxylic acids is 1. The van der Waals surface area contributed by atoms with E-state index >= 15 is 0 Å². The van der Waals surface area contributed by atoms with Crippen molar-refractivity contribution in [3.8, 4) is 0 Å². The van der Waals surface area contributed by atoms with Crippen LogP contribution in [-0.4, -0.2) is 16.7 Å². The fraction of sp³-hybridized carbons (Fsp3) is 0.188. The Balaban J connectivity index is 2.48. The molecule has 3 heteroatoms. The summed E-state index contributed by atoms with van der Waals surface area (Å²) in [4.78, 5) is 11.5. The summed E-state index contributed by atoms with van der Waals surface area (Å²) < 4.78 is 0. The van der Waals surface area contributed by atoms with Gasteiger partial charge in [-0.25, -0.2) is 0 Å². The molecular weight excluding hydrogens is 255 g/mol. The zero-order chi connectivity index (χ0) is 13.7. The molecule has 0 saturated carbocycles. The largest absolute Gasteiger partial charge is 0.481 e. The van der Waals surface area contributed by atoms with Crippen molar-refractivity contribution < 1.29 is 9.90 Å². The highest BCUT2D eigenvalue weighted by atomic mass is 31.1. The van der Waals surface area contributed by atoms with Crippen LogP contribution in [0.3, 0.4) is 0 Å². The minimum Gasteiger partial charge on any atom is -0.481 e. The van der Waals surface area contributed by atoms with Gasteiger partial charge in [0.15, 0.2) is 0 Å². The molecule has 19 heavy (non-hydrogen) atoms. The maximum Gasteiger partial charge on any atom is 0.311 e. The molecule has 0 aliphatic rings. The maximum atomic E-state index is 11.5. The summed E-state index contributed by atoms with van der Waals surface area (Å²) in [7, 11) is -0.853. The molecule has 0 heterocycles. The van der Waals surface area contributed by atoms with E-state index in [-0.39, 0.29) is 5.66 Å². The van der Waals surface area contributed by atoms with E-state index in [1.165, 1.54) is 0 Å². The van der Waals surface area contributed by atoms with Crippen LogP contribution < -0.4 is 10.6 Å². The molecule has 0 spiro atoms. The van der Waals surface area contributed by atoms with Crippen LogP contribution in [-0.2, 0) is 4.79 Å². The highest BCUT2D eigenvalue weighted by Crippen LogP contribution is 2.41. The van der Waals surface area contributed by atoms with Crippen LogP contribution in [0.25, 0.3) is 0 Å². The number of rotatable bonds is 5. The van der Waals surface area contributed by atoms with E-state index in [0.717, 1.165) is 10.6 Å². The summed E-state index contributed by atoms with van der Waals surface area (Å²) in [6.45, 7) is 1.94. The monoisotopic (exact) mass is 272 g/mol. The molecule has 0 saturated heterocycles. The zero-order valence-electron chi connectivity index (χ0n) is 10.9. The molecule has 98 valence electrons. The SMILES string of the molecule is CCC(C(=O)O)P(c1ccccc1)c1ccccc1.